The zero-order valence-corrected chi connectivity index (χ0v) is 41.1. The van der Waals surface area contributed by atoms with Crippen LogP contribution in [-0.2, 0) is 5.41 Å². The number of unbranched alkanes of at least 4 members (excludes halogenated alkanes) is 6. The molecule has 1 fully saturated rings. The van der Waals surface area contributed by atoms with Crippen molar-refractivity contribution in [3.63, 3.8) is 0 Å². The van der Waals surface area contributed by atoms with Crippen LogP contribution in [0.1, 0.15) is 165 Å². The predicted octanol–water partition coefficient (Wildman–Crippen LogP) is 15.3. The van der Waals surface area contributed by atoms with Crippen LogP contribution in [-0.4, -0.2) is 37.1 Å². The molecule has 4 heteroatoms. The maximum atomic E-state index is 6.60. The van der Waals surface area contributed by atoms with Crippen LogP contribution in [0.2, 0.25) is 18.6 Å². The quantitative estimate of drug-likeness (QED) is 0.106. The Labute approximate surface area is 362 Å². The molecule has 3 nitrogen and oxygen atoms in total. The average molecular weight is 816 g/mol. The predicted molar refractivity (Wildman–Crippen MR) is 257 cm³/mol. The molecule has 3 aliphatic rings. The Morgan fingerprint density at radius 3 is 1.61 bits per heavy atom. The molecule has 0 bridgehead atoms. The SMILES string of the molecule is CCCCCCOc1c(C)cc(C2(c3cc(C)c(OCCCCCC)c(C)c3)C3=CC4CC(C)C([Si](C)(C)N(C(C)(C)C)C(C)(C)C)C4C=C3c3ccccc32)cc1C. The first-order valence-electron chi connectivity index (χ1n) is 23.6. The Balaban J connectivity index is 1.54. The number of nitrogens with zero attached hydrogens (tertiary/aromatic N) is 1. The molecule has 3 aromatic carbocycles. The minimum atomic E-state index is -1.99. The van der Waals surface area contributed by atoms with E-state index >= 15 is 0 Å². The van der Waals surface area contributed by atoms with Gasteiger partial charge in [0.1, 0.15) is 19.7 Å². The van der Waals surface area contributed by atoms with Crippen molar-refractivity contribution >= 4 is 13.8 Å². The lowest BCUT2D eigenvalue weighted by Crippen LogP contribution is -2.67. The number of hydrogen-bond acceptors (Lipinski definition) is 3. The number of fused-ring (bicyclic) bond motifs is 4. The second-order valence-electron chi connectivity index (χ2n) is 21.5. The molecule has 0 amide bonds. The number of allylic oxidation sites excluding steroid dienone is 4. The van der Waals surface area contributed by atoms with E-state index < -0.39 is 13.7 Å². The van der Waals surface area contributed by atoms with Crippen molar-refractivity contribution in [1.82, 2.24) is 4.57 Å². The molecule has 322 valence electrons. The number of aryl methyl sites for hydroxylation is 4. The molecule has 0 aliphatic heterocycles. The minimum Gasteiger partial charge on any atom is -0.493 e. The molecule has 0 radical (unpaired) electrons. The van der Waals surface area contributed by atoms with E-state index in [2.05, 4.69) is 168 Å². The first-order chi connectivity index (χ1) is 27.8. The van der Waals surface area contributed by atoms with Crippen molar-refractivity contribution in [2.75, 3.05) is 13.2 Å². The fourth-order valence-electron chi connectivity index (χ4n) is 13.2. The van der Waals surface area contributed by atoms with Gasteiger partial charge in [0.2, 0.25) is 0 Å². The van der Waals surface area contributed by atoms with E-state index in [0.29, 0.717) is 23.3 Å². The van der Waals surface area contributed by atoms with Gasteiger partial charge in [-0.2, -0.15) is 0 Å². The summed E-state index contributed by atoms with van der Waals surface area (Å²) in [4.78, 5) is 0. The third-order valence-corrected chi connectivity index (χ3v) is 19.3. The molecule has 6 rings (SSSR count). The van der Waals surface area contributed by atoms with Gasteiger partial charge in [0, 0.05) is 11.1 Å². The lowest BCUT2D eigenvalue weighted by atomic mass is 9.64. The van der Waals surface area contributed by atoms with Gasteiger partial charge in [-0.15, -0.1) is 0 Å². The van der Waals surface area contributed by atoms with Gasteiger partial charge in [0.15, 0.2) is 0 Å². The fraction of sp³-hybridized carbons (Fsp3) is 0.600. The molecule has 4 unspecified atom stereocenters. The van der Waals surface area contributed by atoms with Crippen LogP contribution in [0.5, 0.6) is 11.5 Å². The highest BCUT2D eigenvalue weighted by Gasteiger charge is 2.58. The third kappa shape index (κ3) is 8.57. The Bertz CT molecular complexity index is 1890. The second-order valence-corrected chi connectivity index (χ2v) is 25.9. The molecule has 0 spiro atoms. The van der Waals surface area contributed by atoms with E-state index in [1.807, 2.05) is 0 Å². The molecular formula is C55H81NO2Si. The highest BCUT2D eigenvalue weighted by Crippen LogP contribution is 2.64. The summed E-state index contributed by atoms with van der Waals surface area (Å²) in [5.74, 6) is 3.77. The highest BCUT2D eigenvalue weighted by molar-refractivity contribution is 6.76. The maximum absolute atomic E-state index is 6.60. The molecule has 59 heavy (non-hydrogen) atoms. The number of ether oxygens (including phenoxy) is 2. The van der Waals surface area contributed by atoms with Gasteiger partial charge < -0.3 is 14.0 Å². The third-order valence-electron chi connectivity index (χ3n) is 14.2. The summed E-state index contributed by atoms with van der Waals surface area (Å²) < 4.78 is 16.2. The first-order valence-corrected chi connectivity index (χ1v) is 26.7. The lowest BCUT2D eigenvalue weighted by Gasteiger charge is -2.57. The van der Waals surface area contributed by atoms with Crippen LogP contribution in [0.4, 0.5) is 0 Å². The minimum absolute atomic E-state index is 0.0892. The van der Waals surface area contributed by atoms with Crippen LogP contribution >= 0.6 is 0 Å². The van der Waals surface area contributed by atoms with Crippen LogP contribution in [0.15, 0.2) is 66.3 Å². The average Bonchev–Trinajstić information content (AvgIpc) is 3.62. The Morgan fingerprint density at radius 1 is 0.678 bits per heavy atom. The van der Waals surface area contributed by atoms with Crippen molar-refractivity contribution in [3.05, 3.63) is 111 Å². The van der Waals surface area contributed by atoms with Crippen molar-refractivity contribution in [2.24, 2.45) is 17.8 Å². The molecule has 0 heterocycles. The fourth-order valence-corrected chi connectivity index (χ4v) is 19.7. The molecule has 3 aliphatic carbocycles. The zero-order chi connectivity index (χ0) is 43.1. The largest absolute Gasteiger partial charge is 0.493 e. The normalized spacial score (nSPS) is 21.2. The van der Waals surface area contributed by atoms with Crippen molar-refractivity contribution in [3.8, 4) is 11.5 Å². The monoisotopic (exact) mass is 816 g/mol. The molecule has 0 N–H and O–H groups in total. The molecule has 0 aromatic heterocycles. The Morgan fingerprint density at radius 2 is 1.15 bits per heavy atom. The highest BCUT2D eigenvalue weighted by atomic mass is 28.3. The molecule has 4 atom stereocenters. The van der Waals surface area contributed by atoms with E-state index in [1.54, 1.807) is 0 Å². The van der Waals surface area contributed by atoms with Gasteiger partial charge in [-0.05, 0) is 167 Å². The lowest BCUT2D eigenvalue weighted by molar-refractivity contribution is 0.121. The number of rotatable bonds is 16. The molecule has 1 saturated carbocycles. The van der Waals surface area contributed by atoms with E-state index in [-0.39, 0.29) is 11.1 Å². The molecule has 0 saturated heterocycles. The zero-order valence-electron chi connectivity index (χ0n) is 40.1. The number of hydrogen-bond donors (Lipinski definition) is 0. The van der Waals surface area contributed by atoms with Crippen LogP contribution in [0.3, 0.4) is 0 Å². The molecular weight excluding hydrogens is 735 g/mol. The van der Waals surface area contributed by atoms with Crippen LogP contribution in [0, 0.1) is 45.4 Å². The topological polar surface area (TPSA) is 21.7 Å². The van der Waals surface area contributed by atoms with Crippen molar-refractivity contribution in [2.45, 2.75) is 183 Å². The molecule has 3 aromatic rings. The van der Waals surface area contributed by atoms with E-state index in [1.165, 1.54) is 101 Å². The summed E-state index contributed by atoms with van der Waals surface area (Å²) >= 11 is 0. The van der Waals surface area contributed by atoms with Gasteiger partial charge >= 0.3 is 0 Å². The van der Waals surface area contributed by atoms with E-state index in [9.17, 15) is 0 Å². The standard InChI is InChI=1S/C55H81NO2Si/c1-16-18-20-24-28-57-50-37(3)31-43(32-38(50)4)55(44-33-39(5)51(40(6)34-44)58-29-25-21-19-17-2)48-27-23-22-26-45(48)47-36-46-42(35-49(47)55)30-41(7)52(46)59(14,15)56(53(8,9)10)54(11,12)13/h22-23,26-27,31-36,41-42,46,52H,16-21,24-25,28-30H2,1-15H3. The van der Waals surface area contributed by atoms with Crippen molar-refractivity contribution < 1.29 is 9.47 Å². The van der Waals surface area contributed by atoms with Gasteiger partial charge in [0.05, 0.1) is 18.6 Å². The van der Waals surface area contributed by atoms with E-state index in [4.69, 9.17) is 9.47 Å². The van der Waals surface area contributed by atoms with Crippen molar-refractivity contribution in [1.29, 1.82) is 0 Å². The van der Waals surface area contributed by atoms with Gasteiger partial charge in [-0.1, -0.05) is 133 Å². The van der Waals surface area contributed by atoms with Gasteiger partial charge in [-0.3, -0.25) is 0 Å². The van der Waals surface area contributed by atoms with Gasteiger partial charge in [0.25, 0.3) is 0 Å². The first kappa shape index (κ1) is 45.4. The van der Waals surface area contributed by atoms with Crippen LogP contribution in [0.25, 0.3) is 5.57 Å². The number of benzene rings is 3. The Kier molecular flexibility index (Phi) is 13.6. The van der Waals surface area contributed by atoms with E-state index in [0.717, 1.165) is 37.6 Å². The Hall–Kier alpha value is -3.08. The summed E-state index contributed by atoms with van der Waals surface area (Å²) in [5.41, 5.74) is 13.7. The second kappa shape index (κ2) is 17.7. The van der Waals surface area contributed by atoms with Crippen LogP contribution < -0.4 is 9.47 Å². The maximum Gasteiger partial charge on any atom is 0.127 e. The van der Waals surface area contributed by atoms with Gasteiger partial charge in [-0.25, -0.2) is 0 Å². The smallest absolute Gasteiger partial charge is 0.127 e. The summed E-state index contributed by atoms with van der Waals surface area (Å²) in [6, 6.07) is 19.3. The summed E-state index contributed by atoms with van der Waals surface area (Å²) in [5, 5.41) is 0. The summed E-state index contributed by atoms with van der Waals surface area (Å²) in [6.07, 6.45) is 16.5. The summed E-state index contributed by atoms with van der Waals surface area (Å²) in [6.45, 7) is 37.8. The summed E-state index contributed by atoms with van der Waals surface area (Å²) in [7, 11) is -1.99.